The Morgan fingerprint density at radius 2 is 2.20 bits per heavy atom. The molecule has 1 aromatic heterocycles. The maximum absolute atomic E-state index is 11.6. The lowest BCUT2D eigenvalue weighted by Crippen LogP contribution is -2.17. The molecule has 0 radical (unpaired) electrons. The van der Waals surface area contributed by atoms with E-state index in [1.165, 1.54) is 20.6 Å². The van der Waals surface area contributed by atoms with Crippen molar-refractivity contribution in [2.24, 2.45) is 0 Å². The molecule has 0 amide bonds. The highest BCUT2D eigenvalue weighted by atomic mass is 32.2. The predicted octanol–water partition coefficient (Wildman–Crippen LogP) is 2.57. The number of aromatic nitrogens is 1. The number of carbonyl (C=O) groups excluding carboxylic acids is 1. The van der Waals surface area contributed by atoms with Crippen LogP contribution < -0.4 is 10.1 Å². The van der Waals surface area contributed by atoms with Crippen molar-refractivity contribution >= 4 is 23.5 Å². The number of nitrogens with zero attached hydrogens (tertiary/aromatic N) is 1. The Hall–Kier alpha value is -1.43. The summed E-state index contributed by atoms with van der Waals surface area (Å²) in [5, 5.41) is 4.13. The van der Waals surface area contributed by atoms with E-state index in [9.17, 15) is 4.79 Å². The van der Waals surface area contributed by atoms with E-state index in [-0.39, 0.29) is 0 Å². The average molecular weight is 296 g/mol. The van der Waals surface area contributed by atoms with Crippen molar-refractivity contribution in [2.75, 3.05) is 25.8 Å². The quantitative estimate of drug-likeness (QED) is 0.843. The summed E-state index contributed by atoms with van der Waals surface area (Å²) in [5.74, 6) is 0.590. The van der Waals surface area contributed by atoms with Gasteiger partial charge in [0, 0.05) is 11.3 Å². The van der Waals surface area contributed by atoms with Crippen LogP contribution in [0.1, 0.15) is 29.6 Å². The molecule has 0 spiro atoms. The third-order valence-electron chi connectivity index (χ3n) is 3.53. The Labute approximate surface area is 123 Å². The van der Waals surface area contributed by atoms with Crippen molar-refractivity contribution in [2.45, 2.75) is 30.6 Å². The fourth-order valence-electron chi connectivity index (χ4n) is 2.44. The van der Waals surface area contributed by atoms with Crippen LogP contribution in [0.25, 0.3) is 0 Å². The van der Waals surface area contributed by atoms with Crippen molar-refractivity contribution in [3.63, 3.8) is 0 Å². The molecule has 2 unspecified atom stereocenters. The maximum Gasteiger partial charge on any atom is 0.343 e. The van der Waals surface area contributed by atoms with Gasteiger partial charge in [-0.05, 0) is 37.7 Å². The third-order valence-corrected chi connectivity index (χ3v) is 4.62. The summed E-state index contributed by atoms with van der Waals surface area (Å²) >= 11 is 1.92. The minimum atomic E-state index is -0.441. The minimum absolute atomic E-state index is 0.293. The Morgan fingerprint density at radius 1 is 1.40 bits per heavy atom. The van der Waals surface area contributed by atoms with Crippen LogP contribution in [-0.4, -0.2) is 42.7 Å². The molecule has 1 fully saturated rings. The number of methoxy groups -OCH3 is 2. The summed E-state index contributed by atoms with van der Waals surface area (Å²) in [4.78, 5) is 15.9. The van der Waals surface area contributed by atoms with Crippen molar-refractivity contribution < 1.29 is 14.3 Å². The molecular formula is C14H20N2O3S. The molecule has 0 aromatic carbocycles. The molecule has 1 aromatic rings. The number of hydrogen-bond acceptors (Lipinski definition) is 6. The van der Waals surface area contributed by atoms with Crippen molar-refractivity contribution in [3.8, 4) is 5.88 Å². The fourth-order valence-corrected chi connectivity index (χ4v) is 3.23. The SMILES string of the molecule is COC(=O)c1ccc(NC2CCC(SC)C2)nc1OC. The monoisotopic (exact) mass is 296 g/mol. The number of hydrogen-bond donors (Lipinski definition) is 1. The second-order valence-electron chi connectivity index (χ2n) is 4.76. The van der Waals surface area contributed by atoms with Crippen LogP contribution in [0.2, 0.25) is 0 Å². The molecule has 1 aliphatic carbocycles. The molecule has 0 saturated heterocycles. The first-order valence-corrected chi connectivity index (χ1v) is 7.89. The van der Waals surface area contributed by atoms with Gasteiger partial charge < -0.3 is 14.8 Å². The number of nitrogens with one attached hydrogen (secondary N) is 1. The summed E-state index contributed by atoms with van der Waals surface area (Å²) < 4.78 is 9.86. The summed E-state index contributed by atoms with van der Waals surface area (Å²) in [7, 11) is 2.84. The van der Waals surface area contributed by atoms with Crippen LogP contribution in [0.3, 0.4) is 0 Å². The number of anilines is 1. The van der Waals surface area contributed by atoms with Crippen LogP contribution in [0, 0.1) is 0 Å². The van der Waals surface area contributed by atoms with E-state index in [0.717, 1.165) is 23.9 Å². The van der Waals surface area contributed by atoms with Gasteiger partial charge in [0.2, 0.25) is 5.88 Å². The molecule has 1 N–H and O–H groups in total. The lowest BCUT2D eigenvalue weighted by atomic mass is 10.2. The standard InChI is InChI=1S/C14H20N2O3S/c1-18-13-11(14(17)19-2)6-7-12(16-13)15-9-4-5-10(8-9)20-3/h6-7,9-10H,4-5,8H2,1-3H3,(H,15,16). The number of esters is 1. The number of ether oxygens (including phenoxy) is 2. The minimum Gasteiger partial charge on any atom is -0.480 e. The van der Waals surface area contributed by atoms with Crippen molar-refractivity contribution in [1.82, 2.24) is 4.98 Å². The first-order valence-electron chi connectivity index (χ1n) is 6.60. The van der Waals surface area contributed by atoms with E-state index >= 15 is 0 Å². The van der Waals surface area contributed by atoms with E-state index in [1.807, 2.05) is 11.8 Å². The molecule has 1 heterocycles. The highest BCUT2D eigenvalue weighted by Gasteiger charge is 2.24. The van der Waals surface area contributed by atoms with E-state index in [4.69, 9.17) is 9.47 Å². The molecule has 1 saturated carbocycles. The molecule has 6 heteroatoms. The van der Waals surface area contributed by atoms with E-state index in [1.54, 1.807) is 12.1 Å². The highest BCUT2D eigenvalue weighted by Crippen LogP contribution is 2.30. The van der Waals surface area contributed by atoms with Crippen molar-refractivity contribution in [1.29, 1.82) is 0 Å². The predicted molar refractivity (Wildman–Crippen MR) is 80.7 cm³/mol. The first kappa shape index (κ1) is 15.0. The molecule has 5 nitrogen and oxygen atoms in total. The van der Waals surface area contributed by atoms with Crippen LogP contribution in [-0.2, 0) is 4.74 Å². The normalized spacial score (nSPS) is 21.6. The Bertz CT molecular complexity index is 481. The van der Waals surface area contributed by atoms with Gasteiger partial charge in [-0.15, -0.1) is 0 Å². The zero-order chi connectivity index (χ0) is 14.5. The summed E-state index contributed by atoms with van der Waals surface area (Å²) in [6.07, 6.45) is 5.67. The maximum atomic E-state index is 11.6. The van der Waals surface area contributed by atoms with Crippen LogP contribution >= 0.6 is 11.8 Å². The topological polar surface area (TPSA) is 60.5 Å². The van der Waals surface area contributed by atoms with E-state index in [0.29, 0.717) is 17.5 Å². The first-order chi connectivity index (χ1) is 9.67. The molecular weight excluding hydrogens is 276 g/mol. The van der Waals surface area contributed by atoms with Crippen LogP contribution in [0.5, 0.6) is 5.88 Å². The second kappa shape index (κ2) is 6.83. The van der Waals surface area contributed by atoms with Crippen LogP contribution in [0.4, 0.5) is 5.82 Å². The van der Waals surface area contributed by atoms with Gasteiger partial charge in [0.05, 0.1) is 14.2 Å². The number of thioether (sulfide) groups is 1. The van der Waals surface area contributed by atoms with Gasteiger partial charge >= 0.3 is 5.97 Å². The molecule has 0 aliphatic heterocycles. The summed E-state index contributed by atoms with van der Waals surface area (Å²) in [6, 6.07) is 3.91. The number of pyridine rings is 1. The Kier molecular flexibility index (Phi) is 5.11. The summed E-state index contributed by atoms with van der Waals surface area (Å²) in [6.45, 7) is 0. The zero-order valence-electron chi connectivity index (χ0n) is 12.0. The Morgan fingerprint density at radius 3 is 2.80 bits per heavy atom. The zero-order valence-corrected chi connectivity index (χ0v) is 12.8. The van der Waals surface area contributed by atoms with E-state index in [2.05, 4.69) is 16.6 Å². The van der Waals surface area contributed by atoms with Crippen LogP contribution in [0.15, 0.2) is 12.1 Å². The van der Waals surface area contributed by atoms with Gasteiger partial charge in [0.15, 0.2) is 0 Å². The smallest absolute Gasteiger partial charge is 0.343 e. The molecule has 110 valence electrons. The molecule has 2 rings (SSSR count). The van der Waals surface area contributed by atoms with Crippen molar-refractivity contribution in [3.05, 3.63) is 17.7 Å². The number of rotatable bonds is 5. The molecule has 0 bridgehead atoms. The Balaban J connectivity index is 2.08. The van der Waals surface area contributed by atoms with E-state index < -0.39 is 5.97 Å². The van der Waals surface area contributed by atoms with Gasteiger partial charge in [-0.2, -0.15) is 16.7 Å². The van der Waals surface area contributed by atoms with Gasteiger partial charge in [0.1, 0.15) is 11.4 Å². The summed E-state index contributed by atoms with van der Waals surface area (Å²) in [5.41, 5.74) is 0.342. The highest BCUT2D eigenvalue weighted by molar-refractivity contribution is 7.99. The number of carbonyl (C=O) groups is 1. The molecule has 20 heavy (non-hydrogen) atoms. The second-order valence-corrected chi connectivity index (χ2v) is 5.90. The fraction of sp³-hybridized carbons (Fsp3) is 0.571. The molecule has 2 atom stereocenters. The van der Waals surface area contributed by atoms with Gasteiger partial charge in [0.25, 0.3) is 0 Å². The van der Waals surface area contributed by atoms with Gasteiger partial charge in [-0.1, -0.05) is 0 Å². The lowest BCUT2D eigenvalue weighted by Gasteiger charge is -2.15. The van der Waals surface area contributed by atoms with Gasteiger partial charge in [-0.25, -0.2) is 4.79 Å². The molecule has 1 aliphatic rings. The third kappa shape index (κ3) is 3.36. The van der Waals surface area contributed by atoms with Gasteiger partial charge in [-0.3, -0.25) is 0 Å². The largest absolute Gasteiger partial charge is 0.480 e. The lowest BCUT2D eigenvalue weighted by molar-refractivity contribution is 0.0596. The average Bonchev–Trinajstić information content (AvgIpc) is 2.94.